The zero-order valence-corrected chi connectivity index (χ0v) is 17.2. The summed E-state index contributed by atoms with van der Waals surface area (Å²) in [5.41, 5.74) is 3.69. The molecule has 0 radical (unpaired) electrons. The first-order valence-electron chi connectivity index (χ1n) is 8.86. The summed E-state index contributed by atoms with van der Waals surface area (Å²) in [4.78, 5) is 4.77. The van der Waals surface area contributed by atoms with Crippen LogP contribution in [0.3, 0.4) is 0 Å². The van der Waals surface area contributed by atoms with Gasteiger partial charge in [-0.15, -0.1) is 16.4 Å². The molecule has 0 unspecified atom stereocenters. The second-order valence-corrected chi connectivity index (χ2v) is 9.03. The fourth-order valence-corrected chi connectivity index (χ4v) is 4.65. The van der Waals surface area contributed by atoms with Crippen molar-refractivity contribution in [2.24, 2.45) is 0 Å². The molecule has 2 aromatic carbocycles. The molecule has 2 aromatic heterocycles. The van der Waals surface area contributed by atoms with Gasteiger partial charge in [-0.2, -0.15) is 0 Å². The maximum Gasteiger partial charge on any atom is 0.240 e. The summed E-state index contributed by atoms with van der Waals surface area (Å²) in [5, 5.41) is 13.8. The van der Waals surface area contributed by atoms with Crippen molar-refractivity contribution < 1.29 is 8.42 Å². The Morgan fingerprint density at radius 3 is 2.72 bits per heavy atom. The topological polar surface area (TPSA) is 103 Å². The second kappa shape index (κ2) is 8.19. The molecule has 29 heavy (non-hydrogen) atoms. The average molecular weight is 427 g/mol. The van der Waals surface area contributed by atoms with Crippen molar-refractivity contribution in [1.82, 2.24) is 29.9 Å². The van der Waals surface area contributed by atoms with Gasteiger partial charge in [-0.05, 0) is 35.5 Å². The molecule has 0 atom stereocenters. The van der Waals surface area contributed by atoms with Crippen molar-refractivity contribution in [3.63, 3.8) is 0 Å². The van der Waals surface area contributed by atoms with Crippen molar-refractivity contribution in [1.29, 1.82) is 0 Å². The van der Waals surface area contributed by atoms with Crippen molar-refractivity contribution in [2.45, 2.75) is 18.2 Å². The van der Waals surface area contributed by atoms with Crippen LogP contribution in [0.2, 0.25) is 0 Å². The maximum absolute atomic E-state index is 12.6. The minimum absolute atomic E-state index is 0.157. The Bertz CT molecular complexity index is 1200. The molecule has 0 bridgehead atoms. The largest absolute Gasteiger partial charge is 0.241 e. The van der Waals surface area contributed by atoms with Gasteiger partial charge in [0, 0.05) is 23.9 Å². The Balaban J connectivity index is 1.40. The molecule has 2 heterocycles. The number of tetrazole rings is 1. The lowest BCUT2D eigenvalue weighted by Gasteiger charge is -2.07. The van der Waals surface area contributed by atoms with E-state index in [1.165, 1.54) is 28.7 Å². The summed E-state index contributed by atoms with van der Waals surface area (Å²) < 4.78 is 29.3. The lowest BCUT2D eigenvalue weighted by Crippen LogP contribution is -2.26. The minimum Gasteiger partial charge on any atom is -0.241 e. The highest BCUT2D eigenvalue weighted by molar-refractivity contribution is 7.89. The third kappa shape index (κ3) is 4.56. The second-order valence-electron chi connectivity index (χ2n) is 6.41. The van der Waals surface area contributed by atoms with Gasteiger partial charge < -0.3 is 0 Å². The molecule has 8 nitrogen and oxygen atoms in total. The molecular formula is C19H18N6O2S2. The van der Waals surface area contributed by atoms with Crippen LogP contribution in [0, 0.1) is 6.92 Å². The van der Waals surface area contributed by atoms with E-state index in [1.807, 2.05) is 36.6 Å². The fourth-order valence-electron chi connectivity index (χ4n) is 2.72. The molecule has 1 N–H and O–H groups in total. The number of hydrogen-bond acceptors (Lipinski definition) is 7. The Hall–Kier alpha value is -2.95. The van der Waals surface area contributed by atoms with Crippen LogP contribution in [0.4, 0.5) is 0 Å². The molecule has 148 valence electrons. The SMILES string of the molecule is Cc1ccc(-c2nc(CCNS(=O)(=O)c3cccc(-n4cnnn4)c3)cs2)cc1. The fraction of sp³-hybridized carbons (Fsp3) is 0.158. The third-order valence-electron chi connectivity index (χ3n) is 4.26. The highest BCUT2D eigenvalue weighted by Gasteiger charge is 2.15. The van der Waals surface area contributed by atoms with Crippen LogP contribution in [-0.4, -0.2) is 40.2 Å². The van der Waals surface area contributed by atoms with Crippen LogP contribution in [0.15, 0.2) is 65.1 Å². The predicted molar refractivity (Wildman–Crippen MR) is 110 cm³/mol. The van der Waals surface area contributed by atoms with Gasteiger partial charge in [0.05, 0.1) is 16.3 Å². The van der Waals surface area contributed by atoms with E-state index in [0.29, 0.717) is 12.1 Å². The molecule has 0 saturated carbocycles. The monoisotopic (exact) mass is 426 g/mol. The molecule has 0 aliphatic rings. The molecule has 4 rings (SSSR count). The van der Waals surface area contributed by atoms with Crippen LogP contribution >= 0.6 is 11.3 Å². The Morgan fingerprint density at radius 2 is 1.97 bits per heavy atom. The van der Waals surface area contributed by atoms with Crippen molar-refractivity contribution >= 4 is 21.4 Å². The molecule has 4 aromatic rings. The van der Waals surface area contributed by atoms with E-state index in [0.717, 1.165) is 16.3 Å². The van der Waals surface area contributed by atoms with Gasteiger partial charge >= 0.3 is 0 Å². The van der Waals surface area contributed by atoms with Crippen LogP contribution in [0.1, 0.15) is 11.3 Å². The van der Waals surface area contributed by atoms with Gasteiger partial charge in [0.1, 0.15) is 11.3 Å². The van der Waals surface area contributed by atoms with Gasteiger partial charge in [-0.1, -0.05) is 35.9 Å². The Morgan fingerprint density at radius 1 is 1.14 bits per heavy atom. The summed E-state index contributed by atoms with van der Waals surface area (Å²) in [7, 11) is -3.65. The van der Waals surface area contributed by atoms with E-state index < -0.39 is 10.0 Å². The summed E-state index contributed by atoms with van der Waals surface area (Å²) in [6.45, 7) is 2.30. The van der Waals surface area contributed by atoms with Gasteiger partial charge in [0.15, 0.2) is 0 Å². The van der Waals surface area contributed by atoms with Crippen LogP contribution in [0.5, 0.6) is 0 Å². The van der Waals surface area contributed by atoms with Gasteiger partial charge in [0.2, 0.25) is 10.0 Å². The predicted octanol–water partition coefficient (Wildman–Crippen LogP) is 2.62. The lowest BCUT2D eigenvalue weighted by atomic mass is 10.2. The number of aryl methyl sites for hydroxylation is 1. The molecule has 0 fully saturated rings. The van der Waals surface area contributed by atoms with Crippen molar-refractivity contribution in [3.05, 3.63) is 71.5 Å². The van der Waals surface area contributed by atoms with E-state index >= 15 is 0 Å². The molecule has 0 amide bonds. The zero-order valence-electron chi connectivity index (χ0n) is 15.6. The van der Waals surface area contributed by atoms with Crippen LogP contribution in [-0.2, 0) is 16.4 Å². The molecule has 10 heteroatoms. The number of benzene rings is 2. The first kappa shape index (κ1) is 19.4. The third-order valence-corrected chi connectivity index (χ3v) is 6.66. The molecule has 0 saturated heterocycles. The van der Waals surface area contributed by atoms with Crippen LogP contribution < -0.4 is 4.72 Å². The van der Waals surface area contributed by atoms with Gasteiger partial charge in [-0.3, -0.25) is 0 Å². The highest BCUT2D eigenvalue weighted by atomic mass is 32.2. The summed E-state index contributed by atoms with van der Waals surface area (Å²) in [6, 6.07) is 14.6. The number of rotatable bonds is 7. The molecule has 0 spiro atoms. The zero-order chi connectivity index (χ0) is 20.3. The van der Waals surface area contributed by atoms with Crippen LogP contribution in [0.25, 0.3) is 16.3 Å². The smallest absolute Gasteiger partial charge is 0.240 e. The normalized spacial score (nSPS) is 11.6. The standard InChI is InChI=1S/C19H18N6O2S2/c1-14-5-7-15(8-6-14)19-22-16(12-28-19)9-10-21-29(26,27)18-4-2-3-17(11-18)25-13-20-23-24-25/h2-8,11-13,21H,9-10H2,1H3. The molecular weight excluding hydrogens is 408 g/mol. The van der Waals surface area contributed by atoms with Crippen molar-refractivity contribution in [2.75, 3.05) is 6.54 Å². The quantitative estimate of drug-likeness (QED) is 0.487. The number of hydrogen-bond donors (Lipinski definition) is 1. The number of sulfonamides is 1. The first-order valence-corrected chi connectivity index (χ1v) is 11.2. The number of nitrogens with zero attached hydrogens (tertiary/aromatic N) is 5. The minimum atomic E-state index is -3.65. The number of nitrogens with one attached hydrogen (secondary N) is 1. The van der Waals surface area contributed by atoms with E-state index in [1.54, 1.807) is 23.5 Å². The highest BCUT2D eigenvalue weighted by Crippen LogP contribution is 2.24. The van der Waals surface area contributed by atoms with Gasteiger partial charge in [0.25, 0.3) is 0 Å². The average Bonchev–Trinajstić information content (AvgIpc) is 3.41. The summed E-state index contributed by atoms with van der Waals surface area (Å²) in [5.74, 6) is 0. The summed E-state index contributed by atoms with van der Waals surface area (Å²) >= 11 is 1.55. The van der Waals surface area contributed by atoms with E-state index in [-0.39, 0.29) is 11.4 Å². The first-order chi connectivity index (χ1) is 14.0. The van der Waals surface area contributed by atoms with E-state index in [4.69, 9.17) is 0 Å². The van der Waals surface area contributed by atoms with Gasteiger partial charge in [-0.25, -0.2) is 22.8 Å². The number of thiazole rings is 1. The summed E-state index contributed by atoms with van der Waals surface area (Å²) in [6.07, 6.45) is 1.92. The van der Waals surface area contributed by atoms with Crippen molar-refractivity contribution in [3.8, 4) is 16.3 Å². The maximum atomic E-state index is 12.6. The van der Waals surface area contributed by atoms with E-state index in [2.05, 4.69) is 25.2 Å². The number of aromatic nitrogens is 5. The Kier molecular flexibility index (Phi) is 5.47. The van der Waals surface area contributed by atoms with E-state index in [9.17, 15) is 8.42 Å². The lowest BCUT2D eigenvalue weighted by molar-refractivity contribution is 0.581. The molecule has 0 aliphatic heterocycles. The Labute approximate surface area is 172 Å². The molecule has 0 aliphatic carbocycles.